The molecule has 1 aromatic heterocycles. The molecule has 1 heterocycles. The summed E-state index contributed by atoms with van der Waals surface area (Å²) < 4.78 is 15.2. The Bertz CT molecular complexity index is 818. The predicted molar refractivity (Wildman–Crippen MR) is 71.5 cm³/mol. The Labute approximate surface area is 113 Å². The van der Waals surface area contributed by atoms with E-state index in [4.69, 9.17) is 0 Å². The molecule has 104 valence electrons. The molecular formula is C14H13FN2O3. The Morgan fingerprint density at radius 2 is 1.85 bits per heavy atom. The summed E-state index contributed by atoms with van der Waals surface area (Å²) in [6, 6.07) is 3.87. The van der Waals surface area contributed by atoms with Crippen molar-refractivity contribution in [3.63, 3.8) is 0 Å². The van der Waals surface area contributed by atoms with Gasteiger partial charge in [-0.25, -0.2) is 9.18 Å². The van der Waals surface area contributed by atoms with E-state index in [0.717, 1.165) is 9.13 Å². The van der Waals surface area contributed by atoms with Gasteiger partial charge in [0.2, 0.25) is 0 Å². The van der Waals surface area contributed by atoms with Crippen LogP contribution in [0.15, 0.2) is 34.0 Å². The second-order valence-corrected chi connectivity index (χ2v) is 4.59. The number of halogens is 1. The van der Waals surface area contributed by atoms with Gasteiger partial charge in [-0.2, -0.15) is 0 Å². The summed E-state index contributed by atoms with van der Waals surface area (Å²) in [5, 5.41) is 0. The maximum Gasteiger partial charge on any atom is 0.330 e. The van der Waals surface area contributed by atoms with Crippen LogP contribution < -0.4 is 11.2 Å². The number of ketones is 1. The molecule has 0 amide bonds. The smallest absolute Gasteiger partial charge is 0.303 e. The number of aromatic nitrogens is 2. The van der Waals surface area contributed by atoms with Crippen molar-refractivity contribution in [2.75, 3.05) is 0 Å². The molecule has 0 aliphatic heterocycles. The van der Waals surface area contributed by atoms with Crippen LogP contribution in [0.2, 0.25) is 0 Å². The molecule has 0 saturated heterocycles. The first-order valence-electron chi connectivity index (χ1n) is 5.90. The minimum absolute atomic E-state index is 0.124. The molecule has 0 spiro atoms. The summed E-state index contributed by atoms with van der Waals surface area (Å²) in [7, 11) is 2.76. The Balaban J connectivity index is 2.62. The Hall–Kier alpha value is -2.50. The zero-order valence-electron chi connectivity index (χ0n) is 11.3. The van der Waals surface area contributed by atoms with E-state index < -0.39 is 22.8 Å². The highest BCUT2D eigenvalue weighted by atomic mass is 19.1. The van der Waals surface area contributed by atoms with E-state index in [0.29, 0.717) is 5.56 Å². The Morgan fingerprint density at radius 3 is 2.45 bits per heavy atom. The summed E-state index contributed by atoms with van der Waals surface area (Å²) in [6.45, 7) is 1.53. The van der Waals surface area contributed by atoms with Gasteiger partial charge in [0, 0.05) is 25.9 Å². The van der Waals surface area contributed by atoms with Crippen molar-refractivity contribution in [1.82, 2.24) is 9.13 Å². The van der Waals surface area contributed by atoms with Gasteiger partial charge in [-0.15, -0.1) is 0 Å². The summed E-state index contributed by atoms with van der Waals surface area (Å²) in [5.74, 6) is -0.959. The molecule has 0 N–H and O–H groups in total. The average Bonchev–Trinajstić information content (AvgIpc) is 2.43. The van der Waals surface area contributed by atoms with E-state index in [1.807, 2.05) is 0 Å². The molecule has 0 aliphatic rings. The highest BCUT2D eigenvalue weighted by Gasteiger charge is 2.17. The fraction of sp³-hybridized carbons (Fsp3) is 0.214. The molecule has 0 atom stereocenters. The lowest BCUT2D eigenvalue weighted by Gasteiger charge is -2.07. The van der Waals surface area contributed by atoms with E-state index in [2.05, 4.69) is 0 Å². The lowest BCUT2D eigenvalue weighted by molar-refractivity contribution is 0.103. The van der Waals surface area contributed by atoms with Crippen molar-refractivity contribution in [3.05, 3.63) is 67.7 Å². The number of nitrogens with zero attached hydrogens (tertiary/aromatic N) is 2. The van der Waals surface area contributed by atoms with Crippen molar-refractivity contribution in [3.8, 4) is 0 Å². The van der Waals surface area contributed by atoms with Gasteiger partial charge in [0.25, 0.3) is 5.56 Å². The second-order valence-electron chi connectivity index (χ2n) is 4.59. The molecule has 0 saturated carbocycles. The molecule has 0 unspecified atom stereocenters. The highest BCUT2D eigenvalue weighted by Crippen LogP contribution is 2.12. The van der Waals surface area contributed by atoms with Gasteiger partial charge in [0.1, 0.15) is 11.4 Å². The number of carbonyl (C=O) groups excluding carboxylic acids is 1. The van der Waals surface area contributed by atoms with E-state index in [9.17, 15) is 18.8 Å². The fourth-order valence-electron chi connectivity index (χ4n) is 1.91. The van der Waals surface area contributed by atoms with Crippen molar-refractivity contribution >= 4 is 5.78 Å². The third-order valence-electron chi connectivity index (χ3n) is 3.11. The van der Waals surface area contributed by atoms with Gasteiger partial charge in [0.05, 0.1) is 0 Å². The first-order chi connectivity index (χ1) is 9.32. The van der Waals surface area contributed by atoms with Crippen LogP contribution in [0.3, 0.4) is 0 Å². The zero-order chi connectivity index (χ0) is 15.0. The topological polar surface area (TPSA) is 61.1 Å². The quantitative estimate of drug-likeness (QED) is 0.761. The summed E-state index contributed by atoms with van der Waals surface area (Å²) in [4.78, 5) is 35.8. The monoisotopic (exact) mass is 276 g/mol. The Morgan fingerprint density at radius 1 is 1.20 bits per heavy atom. The van der Waals surface area contributed by atoms with E-state index in [-0.39, 0.29) is 11.1 Å². The minimum Gasteiger partial charge on any atom is -0.303 e. The molecular weight excluding hydrogens is 263 g/mol. The molecule has 0 bridgehead atoms. The highest BCUT2D eigenvalue weighted by molar-refractivity contribution is 6.08. The number of hydrogen-bond donors (Lipinski definition) is 0. The number of aryl methyl sites for hydroxylation is 2. The van der Waals surface area contributed by atoms with Crippen LogP contribution in [0, 0.1) is 12.7 Å². The second kappa shape index (κ2) is 4.88. The first-order valence-corrected chi connectivity index (χ1v) is 5.90. The number of carbonyl (C=O) groups is 1. The number of rotatable bonds is 2. The zero-order valence-corrected chi connectivity index (χ0v) is 11.3. The molecule has 5 nitrogen and oxygen atoms in total. The molecule has 20 heavy (non-hydrogen) atoms. The van der Waals surface area contributed by atoms with Gasteiger partial charge >= 0.3 is 5.69 Å². The lowest BCUT2D eigenvalue weighted by atomic mass is 10.0. The van der Waals surface area contributed by atoms with Crippen LogP contribution in [0.5, 0.6) is 0 Å². The summed E-state index contributed by atoms with van der Waals surface area (Å²) in [6.07, 6.45) is 1.20. The van der Waals surface area contributed by atoms with Crippen LogP contribution in [-0.4, -0.2) is 14.9 Å². The van der Waals surface area contributed by atoms with Crippen LogP contribution in [-0.2, 0) is 14.1 Å². The normalized spacial score (nSPS) is 10.6. The van der Waals surface area contributed by atoms with Crippen molar-refractivity contribution < 1.29 is 9.18 Å². The standard InChI is InChI=1S/C14H13FN2O3/c1-8-6-9(4-5-11(8)15)12(18)10-7-16(2)14(20)17(3)13(10)19/h4-7H,1-3H3. The summed E-state index contributed by atoms with van der Waals surface area (Å²) >= 11 is 0. The maximum absolute atomic E-state index is 13.2. The number of hydrogen-bond acceptors (Lipinski definition) is 3. The van der Waals surface area contributed by atoms with Gasteiger partial charge in [-0.3, -0.25) is 14.2 Å². The SMILES string of the molecule is Cc1cc(C(=O)c2cn(C)c(=O)n(C)c2=O)ccc1F. The minimum atomic E-state index is -0.667. The maximum atomic E-state index is 13.2. The van der Waals surface area contributed by atoms with Gasteiger partial charge in [-0.1, -0.05) is 0 Å². The van der Waals surface area contributed by atoms with Crippen LogP contribution >= 0.6 is 0 Å². The van der Waals surface area contributed by atoms with Gasteiger partial charge < -0.3 is 4.57 Å². The predicted octanol–water partition coefficient (Wildman–Crippen LogP) is 0.763. The van der Waals surface area contributed by atoms with E-state index >= 15 is 0 Å². The molecule has 6 heteroatoms. The molecule has 2 rings (SSSR count). The van der Waals surface area contributed by atoms with E-state index in [1.165, 1.54) is 45.4 Å². The first kappa shape index (κ1) is 13.9. The molecule has 2 aromatic rings. The van der Waals surface area contributed by atoms with Gasteiger partial charge in [-0.05, 0) is 30.7 Å². The van der Waals surface area contributed by atoms with Crippen LogP contribution in [0.1, 0.15) is 21.5 Å². The third-order valence-corrected chi connectivity index (χ3v) is 3.11. The summed E-state index contributed by atoms with van der Waals surface area (Å²) in [5.41, 5.74) is -0.778. The van der Waals surface area contributed by atoms with Crippen molar-refractivity contribution in [2.24, 2.45) is 14.1 Å². The lowest BCUT2D eigenvalue weighted by Crippen LogP contribution is -2.39. The number of benzene rings is 1. The van der Waals surface area contributed by atoms with Crippen molar-refractivity contribution in [1.29, 1.82) is 0 Å². The van der Waals surface area contributed by atoms with Gasteiger partial charge in [0.15, 0.2) is 5.78 Å². The molecule has 0 aliphatic carbocycles. The average molecular weight is 276 g/mol. The molecule has 0 radical (unpaired) electrons. The van der Waals surface area contributed by atoms with Crippen LogP contribution in [0.25, 0.3) is 0 Å². The largest absolute Gasteiger partial charge is 0.330 e. The molecule has 1 aromatic carbocycles. The molecule has 0 fully saturated rings. The Kier molecular flexibility index (Phi) is 3.40. The third kappa shape index (κ3) is 2.20. The fourth-order valence-corrected chi connectivity index (χ4v) is 1.91. The van der Waals surface area contributed by atoms with E-state index in [1.54, 1.807) is 0 Å². The van der Waals surface area contributed by atoms with Crippen LogP contribution in [0.4, 0.5) is 4.39 Å². The van der Waals surface area contributed by atoms with Crippen molar-refractivity contribution in [2.45, 2.75) is 6.92 Å².